The number of aryl methyl sites for hydroxylation is 1. The van der Waals surface area contributed by atoms with Crippen molar-refractivity contribution in [1.82, 2.24) is 25.0 Å². The minimum atomic E-state index is -4.54. The van der Waals surface area contributed by atoms with E-state index in [4.69, 9.17) is 4.74 Å². The van der Waals surface area contributed by atoms with E-state index in [2.05, 4.69) is 38.0 Å². The third kappa shape index (κ3) is 6.43. The molecule has 0 aromatic carbocycles. The van der Waals surface area contributed by atoms with E-state index in [1.807, 2.05) is 17.8 Å². The second-order valence-corrected chi connectivity index (χ2v) is 9.19. The van der Waals surface area contributed by atoms with Gasteiger partial charge in [0.05, 0.1) is 47.8 Å². The Balaban J connectivity index is 1.38. The maximum absolute atomic E-state index is 13.5. The van der Waals surface area contributed by atoms with Gasteiger partial charge in [0.2, 0.25) is 5.91 Å². The third-order valence-electron chi connectivity index (χ3n) is 6.43. The normalized spacial score (nSPS) is 17.7. The number of aromatic nitrogens is 3. The summed E-state index contributed by atoms with van der Waals surface area (Å²) in [6.07, 6.45) is 0.663. The van der Waals surface area contributed by atoms with Gasteiger partial charge < -0.3 is 25.6 Å². The minimum Gasteiger partial charge on any atom is -0.384 e. The number of hydrogen-bond acceptors (Lipinski definition) is 7. The summed E-state index contributed by atoms with van der Waals surface area (Å²) in [7, 11) is 2.10. The number of ether oxygens (including phenoxy) is 1. The van der Waals surface area contributed by atoms with Crippen molar-refractivity contribution in [2.75, 3.05) is 57.1 Å². The van der Waals surface area contributed by atoms with E-state index in [-0.39, 0.29) is 24.1 Å². The number of anilines is 3. The van der Waals surface area contributed by atoms with Crippen LogP contribution in [-0.2, 0) is 15.7 Å². The topological polar surface area (TPSA) is 96.3 Å². The fraction of sp³-hybridized carbons (Fsp3) is 0.609. The fourth-order valence-electron chi connectivity index (χ4n) is 4.14. The summed E-state index contributed by atoms with van der Waals surface area (Å²) in [5.41, 5.74) is 0.573. The monoisotopic (exact) mass is 495 g/mol. The second-order valence-electron chi connectivity index (χ2n) is 9.19. The average Bonchev–Trinajstić information content (AvgIpc) is 3.12. The van der Waals surface area contributed by atoms with Gasteiger partial charge in [-0.1, -0.05) is 0 Å². The van der Waals surface area contributed by atoms with Gasteiger partial charge in [-0.3, -0.25) is 9.48 Å². The lowest BCUT2D eigenvalue weighted by Gasteiger charge is -2.28. The number of amides is 1. The van der Waals surface area contributed by atoms with E-state index in [1.165, 1.54) is 6.07 Å². The van der Waals surface area contributed by atoms with Gasteiger partial charge in [-0.15, -0.1) is 0 Å². The molecule has 1 amide bonds. The van der Waals surface area contributed by atoms with E-state index in [1.54, 1.807) is 0 Å². The zero-order valence-electron chi connectivity index (χ0n) is 20.0. The van der Waals surface area contributed by atoms with Crippen molar-refractivity contribution in [2.24, 2.45) is 5.92 Å². The van der Waals surface area contributed by atoms with Crippen molar-refractivity contribution < 1.29 is 22.7 Å². The predicted molar refractivity (Wildman–Crippen MR) is 126 cm³/mol. The highest BCUT2D eigenvalue weighted by Gasteiger charge is 2.34. The van der Waals surface area contributed by atoms with Crippen molar-refractivity contribution in [1.29, 1.82) is 0 Å². The first-order valence-corrected chi connectivity index (χ1v) is 11.9. The summed E-state index contributed by atoms with van der Waals surface area (Å²) in [6.45, 7) is 5.34. The van der Waals surface area contributed by atoms with Gasteiger partial charge in [0.1, 0.15) is 5.82 Å². The number of hydrogen-bond donors (Lipinski definition) is 3. The first-order chi connectivity index (χ1) is 16.7. The van der Waals surface area contributed by atoms with Crippen LogP contribution in [0, 0.1) is 12.8 Å². The molecule has 4 heterocycles. The first-order valence-electron chi connectivity index (χ1n) is 11.9. The molecule has 0 radical (unpaired) electrons. The van der Waals surface area contributed by atoms with Crippen molar-refractivity contribution in [3.8, 4) is 0 Å². The van der Waals surface area contributed by atoms with Crippen molar-refractivity contribution >= 4 is 23.1 Å². The largest absolute Gasteiger partial charge is 0.419 e. The van der Waals surface area contributed by atoms with Crippen molar-refractivity contribution in [3.63, 3.8) is 0 Å². The van der Waals surface area contributed by atoms with Crippen LogP contribution >= 0.6 is 0 Å². The lowest BCUT2D eigenvalue weighted by Crippen LogP contribution is -2.42. The molecule has 2 aromatic rings. The van der Waals surface area contributed by atoms with Crippen molar-refractivity contribution in [3.05, 3.63) is 29.7 Å². The maximum atomic E-state index is 13.5. The van der Waals surface area contributed by atoms with Gasteiger partial charge in [-0.25, -0.2) is 4.98 Å². The van der Waals surface area contributed by atoms with Crippen LogP contribution in [0.5, 0.6) is 0 Å². The SMILES string of the molecule is Cc1nn(C2CCN(C)CC2)cc1Nc1cc(NCCCNC(=O)C2COC2)c(C(F)(F)F)cn1. The van der Waals surface area contributed by atoms with Crippen LogP contribution in [0.15, 0.2) is 18.5 Å². The smallest absolute Gasteiger partial charge is 0.384 e. The van der Waals surface area contributed by atoms with Crippen LogP contribution in [0.1, 0.15) is 36.6 Å². The number of halogens is 3. The van der Waals surface area contributed by atoms with Gasteiger partial charge in [-0.05, 0) is 46.3 Å². The Hall–Kier alpha value is -2.86. The summed E-state index contributed by atoms with van der Waals surface area (Å²) >= 11 is 0. The lowest BCUT2D eigenvalue weighted by molar-refractivity contribution is -0.139. The fourth-order valence-corrected chi connectivity index (χ4v) is 4.14. The molecule has 3 N–H and O–H groups in total. The number of pyridine rings is 1. The molecule has 2 aliphatic rings. The molecule has 12 heteroatoms. The molecule has 0 atom stereocenters. The number of carbonyl (C=O) groups excluding carboxylic acids is 1. The Morgan fingerprint density at radius 3 is 2.60 bits per heavy atom. The minimum absolute atomic E-state index is 0.0610. The van der Waals surface area contributed by atoms with Crippen LogP contribution < -0.4 is 16.0 Å². The van der Waals surface area contributed by atoms with Crippen molar-refractivity contribution in [2.45, 2.75) is 38.4 Å². The van der Waals surface area contributed by atoms with Gasteiger partial charge in [0.15, 0.2) is 0 Å². The molecule has 2 aromatic heterocycles. The molecule has 0 bridgehead atoms. The van der Waals surface area contributed by atoms with Gasteiger partial charge in [-0.2, -0.15) is 18.3 Å². The summed E-state index contributed by atoms with van der Waals surface area (Å²) in [6, 6.07) is 1.66. The van der Waals surface area contributed by atoms with Crippen LogP contribution in [0.25, 0.3) is 0 Å². The Kier molecular flexibility index (Phi) is 7.80. The molecule has 4 rings (SSSR count). The molecule has 2 aliphatic heterocycles. The number of nitrogens with one attached hydrogen (secondary N) is 3. The summed E-state index contributed by atoms with van der Waals surface area (Å²) in [5, 5.41) is 13.4. The zero-order valence-corrected chi connectivity index (χ0v) is 20.0. The molecule has 0 unspecified atom stereocenters. The quantitative estimate of drug-likeness (QED) is 0.460. The number of carbonyl (C=O) groups is 1. The molecule has 9 nitrogen and oxygen atoms in total. The number of rotatable bonds is 9. The first kappa shape index (κ1) is 25.2. The molecule has 0 spiro atoms. The average molecular weight is 496 g/mol. The Bertz CT molecular complexity index is 1020. The molecule has 2 saturated heterocycles. The van der Waals surface area contributed by atoms with Gasteiger partial charge in [0, 0.05) is 31.5 Å². The van der Waals surface area contributed by atoms with Crippen LogP contribution in [0.4, 0.5) is 30.4 Å². The Labute approximate surface area is 202 Å². The number of piperidine rings is 1. The summed E-state index contributed by atoms with van der Waals surface area (Å²) < 4.78 is 47.5. The molecule has 0 saturated carbocycles. The maximum Gasteiger partial charge on any atom is 0.419 e. The molecule has 2 fully saturated rings. The Morgan fingerprint density at radius 1 is 1.20 bits per heavy atom. The molecular formula is C23H32F3N7O2. The second kappa shape index (κ2) is 10.8. The molecule has 192 valence electrons. The van der Waals surface area contributed by atoms with E-state index >= 15 is 0 Å². The number of nitrogens with zero attached hydrogens (tertiary/aromatic N) is 4. The van der Waals surface area contributed by atoms with E-state index < -0.39 is 11.7 Å². The van der Waals surface area contributed by atoms with E-state index in [0.29, 0.717) is 43.7 Å². The molecule has 35 heavy (non-hydrogen) atoms. The highest BCUT2D eigenvalue weighted by Crippen LogP contribution is 2.36. The lowest BCUT2D eigenvalue weighted by atomic mass is 10.1. The standard InChI is InChI=1S/C23H32F3N7O2/c1-15-20(12-33(31-15)17-4-8-32(2)9-5-17)30-21-10-19(18(11-29-21)23(24,25)26)27-6-3-7-28-22(34)16-13-35-14-16/h10-12,16-17H,3-9,13-14H2,1-2H3,(H,28,34)(H2,27,29,30). The molecular weight excluding hydrogens is 463 g/mol. The zero-order chi connectivity index (χ0) is 25.0. The summed E-state index contributed by atoms with van der Waals surface area (Å²) in [4.78, 5) is 18.1. The van der Waals surface area contributed by atoms with E-state index in [0.717, 1.165) is 37.8 Å². The Morgan fingerprint density at radius 2 is 1.94 bits per heavy atom. The molecule has 0 aliphatic carbocycles. The van der Waals surface area contributed by atoms with Crippen LogP contribution in [0.2, 0.25) is 0 Å². The number of likely N-dealkylation sites (tertiary alicyclic amines) is 1. The van der Waals surface area contributed by atoms with Crippen LogP contribution in [0.3, 0.4) is 0 Å². The van der Waals surface area contributed by atoms with E-state index in [9.17, 15) is 18.0 Å². The van der Waals surface area contributed by atoms with Crippen LogP contribution in [-0.4, -0.2) is 72.0 Å². The number of alkyl halides is 3. The predicted octanol–water partition coefficient (Wildman–Crippen LogP) is 3.18. The van der Waals surface area contributed by atoms with Gasteiger partial charge in [0.25, 0.3) is 0 Å². The highest BCUT2D eigenvalue weighted by molar-refractivity contribution is 5.79. The third-order valence-corrected chi connectivity index (χ3v) is 6.43. The highest BCUT2D eigenvalue weighted by atomic mass is 19.4. The van der Waals surface area contributed by atoms with Gasteiger partial charge >= 0.3 is 6.18 Å². The summed E-state index contributed by atoms with van der Waals surface area (Å²) in [5.74, 6) is 0.0875.